The monoisotopic (exact) mass is 313 g/mol. The number of rotatable bonds is 7. The van der Waals surface area contributed by atoms with Gasteiger partial charge < -0.3 is 5.32 Å². The zero-order valence-corrected chi connectivity index (χ0v) is 14.1. The zero-order valence-electron chi connectivity index (χ0n) is 12.5. The Morgan fingerprint density at radius 1 is 1.25 bits per heavy atom. The SMILES string of the molecule is CSCC[C@@H](C)NC(=O)c1ccc([S@](=O)C(C)C)cc1. The molecule has 0 aliphatic heterocycles. The van der Waals surface area contributed by atoms with Gasteiger partial charge in [-0.3, -0.25) is 9.00 Å². The van der Waals surface area contributed by atoms with Crippen LogP contribution < -0.4 is 5.32 Å². The van der Waals surface area contributed by atoms with E-state index in [1.54, 1.807) is 36.0 Å². The second kappa shape index (κ2) is 8.47. The van der Waals surface area contributed by atoms with Gasteiger partial charge in [0, 0.05) is 21.8 Å². The van der Waals surface area contributed by atoms with Crippen LogP contribution in [0.15, 0.2) is 29.2 Å². The Kier molecular flexibility index (Phi) is 7.30. The van der Waals surface area contributed by atoms with Crippen LogP contribution >= 0.6 is 11.8 Å². The molecule has 5 heteroatoms. The van der Waals surface area contributed by atoms with Crippen molar-refractivity contribution in [2.45, 2.75) is 43.4 Å². The lowest BCUT2D eigenvalue weighted by molar-refractivity contribution is 0.0939. The summed E-state index contributed by atoms with van der Waals surface area (Å²) in [4.78, 5) is 12.8. The van der Waals surface area contributed by atoms with Gasteiger partial charge >= 0.3 is 0 Å². The molecule has 1 aromatic carbocycles. The van der Waals surface area contributed by atoms with E-state index in [1.807, 2.05) is 20.8 Å². The van der Waals surface area contributed by atoms with Gasteiger partial charge in [0.15, 0.2) is 0 Å². The van der Waals surface area contributed by atoms with Gasteiger partial charge in [0.1, 0.15) is 0 Å². The summed E-state index contributed by atoms with van der Waals surface area (Å²) < 4.78 is 11.9. The number of amides is 1. The predicted octanol–water partition coefficient (Wildman–Crippen LogP) is 3.07. The first-order valence-corrected chi connectivity index (χ1v) is 9.36. The first-order valence-electron chi connectivity index (χ1n) is 6.76. The van der Waals surface area contributed by atoms with Crippen LogP contribution in [0.1, 0.15) is 37.6 Å². The molecular formula is C15H23NO2S2. The number of hydrogen-bond acceptors (Lipinski definition) is 3. The van der Waals surface area contributed by atoms with Gasteiger partial charge in [0.05, 0.1) is 10.8 Å². The zero-order chi connectivity index (χ0) is 15.1. The summed E-state index contributed by atoms with van der Waals surface area (Å²) in [5, 5.41) is 3.06. The Morgan fingerprint density at radius 2 is 1.85 bits per heavy atom. The molecule has 3 nitrogen and oxygen atoms in total. The smallest absolute Gasteiger partial charge is 0.251 e. The largest absolute Gasteiger partial charge is 0.350 e. The normalized spacial score (nSPS) is 14.1. The number of carbonyl (C=O) groups is 1. The van der Waals surface area contributed by atoms with Gasteiger partial charge in [-0.25, -0.2) is 0 Å². The second-order valence-corrected chi connectivity index (χ2v) is 8.02. The van der Waals surface area contributed by atoms with Gasteiger partial charge in [-0.15, -0.1) is 0 Å². The topological polar surface area (TPSA) is 46.2 Å². The Hall–Kier alpha value is -0.810. The van der Waals surface area contributed by atoms with E-state index in [-0.39, 0.29) is 17.2 Å². The molecule has 0 saturated heterocycles. The van der Waals surface area contributed by atoms with Crippen molar-refractivity contribution in [2.75, 3.05) is 12.0 Å². The van der Waals surface area contributed by atoms with Crippen LogP contribution in [-0.4, -0.2) is 33.4 Å². The molecule has 0 saturated carbocycles. The van der Waals surface area contributed by atoms with Crippen molar-refractivity contribution >= 4 is 28.5 Å². The van der Waals surface area contributed by atoms with Crippen molar-refractivity contribution in [3.63, 3.8) is 0 Å². The summed E-state index contributed by atoms with van der Waals surface area (Å²) in [5.74, 6) is 0.966. The molecule has 0 bridgehead atoms. The standard InChI is InChI=1S/C15H23NO2S2/c1-11(2)20(18)14-7-5-13(6-8-14)15(17)16-12(3)9-10-19-4/h5-8,11-12H,9-10H2,1-4H3,(H,16,17)/t12-,20-/m1/s1. The van der Waals surface area contributed by atoms with Crippen molar-refractivity contribution < 1.29 is 9.00 Å². The van der Waals surface area contributed by atoms with E-state index in [1.165, 1.54) is 0 Å². The summed E-state index contributed by atoms with van der Waals surface area (Å²) in [6, 6.07) is 7.20. The third-order valence-electron chi connectivity index (χ3n) is 2.91. The van der Waals surface area contributed by atoms with Crippen LogP contribution in [0, 0.1) is 0 Å². The quantitative estimate of drug-likeness (QED) is 0.841. The molecule has 0 aromatic heterocycles. The van der Waals surface area contributed by atoms with Gasteiger partial charge in [-0.2, -0.15) is 11.8 Å². The molecule has 0 aliphatic rings. The fraction of sp³-hybridized carbons (Fsp3) is 0.533. The van der Waals surface area contributed by atoms with Crippen molar-refractivity contribution in [2.24, 2.45) is 0 Å². The van der Waals surface area contributed by atoms with Gasteiger partial charge in [0.2, 0.25) is 0 Å². The molecule has 0 fully saturated rings. The number of thioether (sulfide) groups is 1. The number of carbonyl (C=O) groups excluding carboxylic acids is 1. The first kappa shape index (κ1) is 17.2. The molecule has 2 atom stereocenters. The minimum atomic E-state index is -1.01. The molecule has 0 aliphatic carbocycles. The maximum absolute atomic E-state index is 12.0. The van der Waals surface area contributed by atoms with E-state index >= 15 is 0 Å². The average Bonchev–Trinajstić information content (AvgIpc) is 2.44. The molecule has 0 heterocycles. The van der Waals surface area contributed by atoms with Crippen molar-refractivity contribution in [1.82, 2.24) is 5.32 Å². The Morgan fingerprint density at radius 3 is 2.35 bits per heavy atom. The third-order valence-corrected chi connectivity index (χ3v) is 5.15. The summed E-state index contributed by atoms with van der Waals surface area (Å²) in [7, 11) is -1.01. The highest BCUT2D eigenvalue weighted by atomic mass is 32.2. The Balaban J connectivity index is 2.64. The van der Waals surface area contributed by atoms with Crippen molar-refractivity contribution in [3.8, 4) is 0 Å². The molecule has 0 spiro atoms. The van der Waals surface area contributed by atoms with E-state index in [9.17, 15) is 9.00 Å². The lowest BCUT2D eigenvalue weighted by Gasteiger charge is -2.13. The predicted molar refractivity (Wildman–Crippen MR) is 87.9 cm³/mol. The van der Waals surface area contributed by atoms with E-state index in [2.05, 4.69) is 11.6 Å². The average molecular weight is 313 g/mol. The summed E-state index contributed by atoms with van der Waals surface area (Å²) >= 11 is 1.78. The van der Waals surface area contributed by atoms with Crippen LogP contribution in [0.2, 0.25) is 0 Å². The summed E-state index contributed by atoms with van der Waals surface area (Å²) in [6.45, 7) is 5.85. The minimum Gasteiger partial charge on any atom is -0.350 e. The van der Waals surface area contributed by atoms with Crippen LogP contribution in [0.4, 0.5) is 0 Å². The Bertz CT molecular complexity index is 457. The Labute approximate surface area is 128 Å². The number of hydrogen-bond donors (Lipinski definition) is 1. The third kappa shape index (κ3) is 5.29. The van der Waals surface area contributed by atoms with Crippen LogP contribution in [0.25, 0.3) is 0 Å². The number of benzene rings is 1. The van der Waals surface area contributed by atoms with Crippen molar-refractivity contribution in [3.05, 3.63) is 29.8 Å². The molecule has 1 aromatic rings. The van der Waals surface area contributed by atoms with Crippen LogP contribution in [-0.2, 0) is 10.8 Å². The van der Waals surface area contributed by atoms with Gasteiger partial charge in [-0.05, 0) is 49.6 Å². The van der Waals surface area contributed by atoms with E-state index in [4.69, 9.17) is 0 Å². The summed E-state index contributed by atoms with van der Waals surface area (Å²) in [6.07, 6.45) is 3.02. The van der Waals surface area contributed by atoms with E-state index < -0.39 is 10.8 Å². The lowest BCUT2D eigenvalue weighted by Crippen LogP contribution is -2.32. The second-order valence-electron chi connectivity index (χ2n) is 5.03. The lowest BCUT2D eigenvalue weighted by atomic mass is 10.2. The fourth-order valence-electron chi connectivity index (χ4n) is 1.69. The molecule has 0 unspecified atom stereocenters. The molecule has 0 radical (unpaired) electrons. The van der Waals surface area contributed by atoms with Crippen molar-refractivity contribution in [1.29, 1.82) is 0 Å². The maximum Gasteiger partial charge on any atom is 0.251 e. The van der Waals surface area contributed by atoms with Gasteiger partial charge in [0.25, 0.3) is 5.91 Å². The van der Waals surface area contributed by atoms with Crippen LogP contribution in [0.3, 0.4) is 0 Å². The minimum absolute atomic E-state index is 0.0690. The highest BCUT2D eigenvalue weighted by molar-refractivity contribution is 7.98. The molecule has 1 amide bonds. The fourth-order valence-corrected chi connectivity index (χ4v) is 3.22. The molecule has 1 rings (SSSR count). The highest BCUT2D eigenvalue weighted by Crippen LogP contribution is 2.13. The van der Waals surface area contributed by atoms with Crippen LogP contribution in [0.5, 0.6) is 0 Å². The maximum atomic E-state index is 12.0. The highest BCUT2D eigenvalue weighted by Gasteiger charge is 2.12. The number of nitrogens with one attached hydrogen (secondary N) is 1. The molecular weight excluding hydrogens is 290 g/mol. The van der Waals surface area contributed by atoms with Gasteiger partial charge in [-0.1, -0.05) is 13.8 Å². The first-order chi connectivity index (χ1) is 9.45. The van der Waals surface area contributed by atoms with E-state index in [0.29, 0.717) is 5.56 Å². The van der Waals surface area contributed by atoms with E-state index in [0.717, 1.165) is 17.1 Å². The molecule has 112 valence electrons. The molecule has 20 heavy (non-hydrogen) atoms. The summed E-state index contributed by atoms with van der Waals surface area (Å²) in [5.41, 5.74) is 0.616. The molecule has 1 N–H and O–H groups in total.